The van der Waals surface area contributed by atoms with Crippen molar-refractivity contribution in [2.75, 3.05) is 19.0 Å². The molecule has 0 fully saturated rings. The van der Waals surface area contributed by atoms with E-state index < -0.39 is 0 Å². The van der Waals surface area contributed by atoms with Gasteiger partial charge in [0.15, 0.2) is 6.61 Å². The number of hydrogen-bond donors (Lipinski definition) is 1. The quantitative estimate of drug-likeness (QED) is 0.916. The molecule has 0 saturated carbocycles. The minimum absolute atomic E-state index is 0.0380. The fourth-order valence-corrected chi connectivity index (χ4v) is 2.10. The number of anilines is 1. The third-order valence-electron chi connectivity index (χ3n) is 3.14. The predicted octanol–water partition coefficient (Wildman–Crippen LogP) is 3.33. The van der Waals surface area contributed by atoms with Crippen molar-refractivity contribution < 1.29 is 14.3 Å². The maximum atomic E-state index is 12.0. The van der Waals surface area contributed by atoms with Crippen LogP contribution in [0.2, 0.25) is 0 Å². The van der Waals surface area contributed by atoms with Crippen LogP contribution < -0.4 is 14.8 Å². The number of nitrogens with one attached hydrogen (secondary N) is 1. The van der Waals surface area contributed by atoms with Crippen molar-refractivity contribution in [2.24, 2.45) is 0 Å². The molecule has 21 heavy (non-hydrogen) atoms. The van der Waals surface area contributed by atoms with Gasteiger partial charge in [0, 0.05) is 0 Å². The van der Waals surface area contributed by atoms with Gasteiger partial charge < -0.3 is 14.8 Å². The van der Waals surface area contributed by atoms with Crippen LogP contribution in [0.25, 0.3) is 0 Å². The van der Waals surface area contributed by atoms with Crippen molar-refractivity contribution in [2.45, 2.75) is 13.8 Å². The predicted molar refractivity (Wildman–Crippen MR) is 83.0 cm³/mol. The number of carbonyl (C=O) groups is 1. The third-order valence-corrected chi connectivity index (χ3v) is 3.14. The fourth-order valence-electron chi connectivity index (χ4n) is 2.10. The first-order chi connectivity index (χ1) is 10.1. The van der Waals surface area contributed by atoms with Gasteiger partial charge in [0.1, 0.15) is 11.5 Å². The first-order valence-electron chi connectivity index (χ1n) is 6.73. The van der Waals surface area contributed by atoms with Crippen LogP contribution in [-0.2, 0) is 4.79 Å². The van der Waals surface area contributed by atoms with Gasteiger partial charge in [-0.1, -0.05) is 30.3 Å². The molecular weight excluding hydrogens is 266 g/mol. The molecule has 1 N–H and O–H groups in total. The third kappa shape index (κ3) is 3.75. The first kappa shape index (κ1) is 14.9. The lowest BCUT2D eigenvalue weighted by molar-refractivity contribution is -0.118. The summed E-state index contributed by atoms with van der Waals surface area (Å²) in [6.07, 6.45) is 0. The summed E-state index contributed by atoms with van der Waals surface area (Å²) in [4.78, 5) is 12.0. The van der Waals surface area contributed by atoms with E-state index in [1.807, 2.05) is 44.2 Å². The van der Waals surface area contributed by atoms with Crippen LogP contribution >= 0.6 is 0 Å². The second kappa shape index (κ2) is 6.79. The Morgan fingerprint density at radius 1 is 1.05 bits per heavy atom. The molecular formula is C17H19NO3. The summed E-state index contributed by atoms with van der Waals surface area (Å²) in [6.45, 7) is 3.88. The standard InChI is InChI=1S/C17H19NO3/c1-12-7-6-8-13(2)17(12)21-11-16(19)18-14-9-4-5-10-15(14)20-3/h4-10H,11H2,1-3H3,(H,18,19). The number of carbonyl (C=O) groups excluding carboxylic acids is 1. The van der Waals surface area contributed by atoms with Gasteiger partial charge >= 0.3 is 0 Å². The van der Waals surface area contributed by atoms with Crippen molar-refractivity contribution in [3.63, 3.8) is 0 Å². The molecule has 110 valence electrons. The Hall–Kier alpha value is -2.49. The van der Waals surface area contributed by atoms with Gasteiger partial charge in [-0.2, -0.15) is 0 Å². The highest BCUT2D eigenvalue weighted by molar-refractivity contribution is 5.93. The minimum Gasteiger partial charge on any atom is -0.495 e. The molecule has 0 aliphatic heterocycles. The Morgan fingerprint density at radius 3 is 2.38 bits per heavy atom. The molecule has 0 unspecified atom stereocenters. The van der Waals surface area contributed by atoms with Crippen molar-refractivity contribution in [3.05, 3.63) is 53.6 Å². The van der Waals surface area contributed by atoms with Gasteiger partial charge in [0.2, 0.25) is 0 Å². The number of aryl methyl sites for hydroxylation is 2. The molecule has 1 amide bonds. The van der Waals surface area contributed by atoms with Gasteiger partial charge in [-0.3, -0.25) is 4.79 Å². The normalized spacial score (nSPS) is 10.0. The zero-order chi connectivity index (χ0) is 15.2. The molecule has 0 radical (unpaired) electrons. The Labute approximate surface area is 124 Å². The Morgan fingerprint density at radius 2 is 1.71 bits per heavy atom. The number of para-hydroxylation sites is 3. The van der Waals surface area contributed by atoms with E-state index in [1.165, 1.54) is 0 Å². The zero-order valence-corrected chi connectivity index (χ0v) is 12.5. The van der Waals surface area contributed by atoms with Gasteiger partial charge in [-0.05, 0) is 37.1 Å². The number of benzene rings is 2. The summed E-state index contributed by atoms with van der Waals surface area (Å²) in [5, 5.41) is 2.78. The molecule has 0 spiro atoms. The maximum Gasteiger partial charge on any atom is 0.262 e. The lowest BCUT2D eigenvalue weighted by Crippen LogP contribution is -2.21. The number of methoxy groups -OCH3 is 1. The summed E-state index contributed by atoms with van der Waals surface area (Å²) in [6, 6.07) is 13.2. The number of amides is 1. The monoisotopic (exact) mass is 285 g/mol. The highest BCUT2D eigenvalue weighted by atomic mass is 16.5. The van der Waals surface area contributed by atoms with Crippen LogP contribution in [0.1, 0.15) is 11.1 Å². The van der Waals surface area contributed by atoms with E-state index in [2.05, 4.69) is 5.32 Å². The van der Waals surface area contributed by atoms with Crippen molar-refractivity contribution >= 4 is 11.6 Å². The summed E-state index contributed by atoms with van der Waals surface area (Å²) in [5.41, 5.74) is 2.66. The average Bonchev–Trinajstić information content (AvgIpc) is 2.47. The van der Waals surface area contributed by atoms with Crippen LogP contribution in [0.4, 0.5) is 5.69 Å². The molecule has 0 aromatic heterocycles. The maximum absolute atomic E-state index is 12.0. The van der Waals surface area contributed by atoms with E-state index in [4.69, 9.17) is 9.47 Å². The lowest BCUT2D eigenvalue weighted by atomic mass is 10.1. The highest BCUT2D eigenvalue weighted by Crippen LogP contribution is 2.24. The molecule has 0 atom stereocenters. The number of hydrogen-bond acceptors (Lipinski definition) is 3. The van der Waals surface area contributed by atoms with E-state index in [-0.39, 0.29) is 12.5 Å². The second-order valence-corrected chi connectivity index (χ2v) is 4.76. The van der Waals surface area contributed by atoms with Gasteiger partial charge in [0.25, 0.3) is 5.91 Å². The molecule has 4 nitrogen and oxygen atoms in total. The molecule has 0 bridgehead atoms. The fraction of sp³-hybridized carbons (Fsp3) is 0.235. The van der Waals surface area contributed by atoms with E-state index in [0.29, 0.717) is 11.4 Å². The SMILES string of the molecule is COc1ccccc1NC(=O)COc1c(C)cccc1C. The Kier molecular flexibility index (Phi) is 4.82. The topological polar surface area (TPSA) is 47.6 Å². The van der Waals surface area contributed by atoms with Gasteiger partial charge in [-0.25, -0.2) is 0 Å². The molecule has 0 aliphatic carbocycles. The van der Waals surface area contributed by atoms with Crippen LogP contribution in [0.5, 0.6) is 11.5 Å². The molecule has 0 heterocycles. The van der Waals surface area contributed by atoms with E-state index in [0.717, 1.165) is 16.9 Å². The van der Waals surface area contributed by atoms with Crippen molar-refractivity contribution in [1.29, 1.82) is 0 Å². The number of rotatable bonds is 5. The molecule has 2 aromatic carbocycles. The Bertz CT molecular complexity index is 617. The second-order valence-electron chi connectivity index (χ2n) is 4.76. The summed E-state index contributed by atoms with van der Waals surface area (Å²) < 4.78 is 10.8. The molecule has 2 rings (SSSR count). The lowest BCUT2D eigenvalue weighted by Gasteiger charge is -2.13. The minimum atomic E-state index is -0.220. The van der Waals surface area contributed by atoms with Crippen LogP contribution in [-0.4, -0.2) is 19.6 Å². The van der Waals surface area contributed by atoms with E-state index in [9.17, 15) is 4.79 Å². The largest absolute Gasteiger partial charge is 0.495 e. The number of ether oxygens (including phenoxy) is 2. The summed E-state index contributed by atoms with van der Waals surface area (Å²) in [7, 11) is 1.57. The van der Waals surface area contributed by atoms with Gasteiger partial charge in [0.05, 0.1) is 12.8 Å². The first-order valence-corrected chi connectivity index (χ1v) is 6.73. The average molecular weight is 285 g/mol. The molecule has 0 aliphatic rings. The van der Waals surface area contributed by atoms with Crippen LogP contribution in [0.15, 0.2) is 42.5 Å². The van der Waals surface area contributed by atoms with Crippen LogP contribution in [0, 0.1) is 13.8 Å². The van der Waals surface area contributed by atoms with Crippen molar-refractivity contribution in [1.82, 2.24) is 0 Å². The molecule has 4 heteroatoms. The van der Waals surface area contributed by atoms with Crippen LogP contribution in [0.3, 0.4) is 0 Å². The summed E-state index contributed by atoms with van der Waals surface area (Å²) in [5.74, 6) is 1.16. The molecule has 0 saturated heterocycles. The van der Waals surface area contributed by atoms with Gasteiger partial charge in [-0.15, -0.1) is 0 Å². The Balaban J connectivity index is 1.99. The zero-order valence-electron chi connectivity index (χ0n) is 12.5. The van der Waals surface area contributed by atoms with E-state index in [1.54, 1.807) is 19.2 Å². The van der Waals surface area contributed by atoms with Crippen molar-refractivity contribution in [3.8, 4) is 11.5 Å². The smallest absolute Gasteiger partial charge is 0.262 e. The highest BCUT2D eigenvalue weighted by Gasteiger charge is 2.09. The molecule has 2 aromatic rings. The van der Waals surface area contributed by atoms with E-state index >= 15 is 0 Å². The summed E-state index contributed by atoms with van der Waals surface area (Å²) >= 11 is 0.